The monoisotopic (exact) mass is 234 g/mol. The molecule has 2 N–H and O–H groups in total. The Labute approximate surface area is 101 Å². The number of anilines is 2. The fourth-order valence-corrected chi connectivity index (χ4v) is 1.22. The minimum atomic E-state index is -0.424. The van der Waals surface area contributed by atoms with Crippen molar-refractivity contribution < 1.29 is 4.79 Å². The van der Waals surface area contributed by atoms with Crippen LogP contribution >= 0.6 is 0 Å². The maximum atomic E-state index is 11.7. The Morgan fingerprint density at radius 1 is 1.24 bits per heavy atom. The van der Waals surface area contributed by atoms with E-state index in [9.17, 15) is 4.79 Å². The summed E-state index contributed by atoms with van der Waals surface area (Å²) in [5.41, 5.74) is -0.424. The van der Waals surface area contributed by atoms with Crippen molar-refractivity contribution in [2.24, 2.45) is 5.41 Å². The molecule has 92 valence electrons. The lowest BCUT2D eigenvalue weighted by Gasteiger charge is -2.16. The summed E-state index contributed by atoms with van der Waals surface area (Å²) >= 11 is 0. The smallest absolute Gasteiger partial charge is 0.230 e. The Kier molecular flexibility index (Phi) is 3.00. The van der Waals surface area contributed by atoms with E-state index in [4.69, 9.17) is 0 Å². The first-order valence-electron chi connectivity index (χ1n) is 5.87. The van der Waals surface area contributed by atoms with Gasteiger partial charge in [0, 0.05) is 11.5 Å². The first kappa shape index (κ1) is 11.8. The second kappa shape index (κ2) is 4.31. The zero-order chi connectivity index (χ0) is 12.5. The summed E-state index contributed by atoms with van der Waals surface area (Å²) < 4.78 is 0. The van der Waals surface area contributed by atoms with Crippen molar-refractivity contribution in [2.45, 2.75) is 39.7 Å². The molecule has 0 atom stereocenters. The predicted octanol–water partition coefficient (Wildman–Crippen LogP) is 2.04. The van der Waals surface area contributed by atoms with Crippen LogP contribution in [0.25, 0.3) is 0 Å². The summed E-state index contributed by atoms with van der Waals surface area (Å²) in [5, 5.41) is 14.0. The van der Waals surface area contributed by atoms with Gasteiger partial charge in [0.05, 0.1) is 0 Å². The molecule has 1 saturated carbocycles. The van der Waals surface area contributed by atoms with Crippen LogP contribution in [0.4, 0.5) is 11.6 Å². The van der Waals surface area contributed by atoms with E-state index in [1.165, 1.54) is 12.8 Å². The second-order valence-electron chi connectivity index (χ2n) is 5.43. The van der Waals surface area contributed by atoms with Gasteiger partial charge < -0.3 is 10.6 Å². The van der Waals surface area contributed by atoms with Crippen LogP contribution in [0.5, 0.6) is 0 Å². The Bertz CT molecular complexity index is 404. The molecule has 1 aromatic rings. The number of nitrogens with zero attached hydrogens (tertiary/aromatic N) is 2. The Hall–Kier alpha value is -1.65. The van der Waals surface area contributed by atoms with Crippen molar-refractivity contribution in [1.29, 1.82) is 0 Å². The van der Waals surface area contributed by atoms with Crippen molar-refractivity contribution in [1.82, 2.24) is 10.2 Å². The number of hydrogen-bond donors (Lipinski definition) is 2. The maximum Gasteiger partial charge on any atom is 0.230 e. The zero-order valence-corrected chi connectivity index (χ0v) is 10.4. The highest BCUT2D eigenvalue weighted by molar-refractivity contribution is 5.93. The maximum absolute atomic E-state index is 11.7. The zero-order valence-electron chi connectivity index (χ0n) is 10.4. The summed E-state index contributed by atoms with van der Waals surface area (Å²) in [5.74, 6) is 1.20. The summed E-state index contributed by atoms with van der Waals surface area (Å²) in [4.78, 5) is 11.7. The molecule has 0 aliphatic heterocycles. The molecule has 2 rings (SSSR count). The van der Waals surface area contributed by atoms with Gasteiger partial charge in [-0.3, -0.25) is 4.79 Å². The largest absolute Gasteiger partial charge is 0.366 e. The molecule has 0 unspecified atom stereocenters. The molecule has 0 aromatic carbocycles. The van der Waals surface area contributed by atoms with E-state index >= 15 is 0 Å². The summed E-state index contributed by atoms with van der Waals surface area (Å²) in [6.07, 6.45) is 2.40. The van der Waals surface area contributed by atoms with Gasteiger partial charge in [0.25, 0.3) is 0 Å². The minimum Gasteiger partial charge on any atom is -0.366 e. The predicted molar refractivity (Wildman–Crippen MR) is 66.8 cm³/mol. The van der Waals surface area contributed by atoms with E-state index in [0.29, 0.717) is 11.9 Å². The van der Waals surface area contributed by atoms with Gasteiger partial charge >= 0.3 is 0 Å². The molecule has 5 heteroatoms. The molecule has 1 aromatic heterocycles. The van der Waals surface area contributed by atoms with Gasteiger partial charge in [-0.1, -0.05) is 20.8 Å². The SMILES string of the molecule is CC(C)(C)C(=O)Nc1ccc(NC2CC2)nn1. The van der Waals surface area contributed by atoms with Crippen molar-refractivity contribution in [3.05, 3.63) is 12.1 Å². The third-order valence-corrected chi connectivity index (χ3v) is 2.52. The molecule has 1 fully saturated rings. The number of hydrogen-bond acceptors (Lipinski definition) is 4. The second-order valence-corrected chi connectivity index (χ2v) is 5.43. The lowest BCUT2D eigenvalue weighted by molar-refractivity contribution is -0.123. The molecule has 0 spiro atoms. The number of carbonyl (C=O) groups excluding carboxylic acids is 1. The van der Waals surface area contributed by atoms with Gasteiger partial charge in [0.15, 0.2) is 5.82 Å². The molecule has 1 heterocycles. The normalized spacial score (nSPS) is 15.5. The summed E-state index contributed by atoms with van der Waals surface area (Å²) in [6, 6.07) is 4.16. The topological polar surface area (TPSA) is 66.9 Å². The van der Waals surface area contributed by atoms with Gasteiger partial charge in [0.2, 0.25) is 5.91 Å². The first-order valence-corrected chi connectivity index (χ1v) is 5.87. The van der Waals surface area contributed by atoms with Gasteiger partial charge in [-0.25, -0.2) is 0 Å². The van der Waals surface area contributed by atoms with E-state index in [0.717, 1.165) is 5.82 Å². The number of nitrogens with one attached hydrogen (secondary N) is 2. The van der Waals surface area contributed by atoms with Crippen LogP contribution in [0.1, 0.15) is 33.6 Å². The molecule has 5 nitrogen and oxygen atoms in total. The third-order valence-electron chi connectivity index (χ3n) is 2.52. The molecular weight excluding hydrogens is 216 g/mol. The van der Waals surface area contributed by atoms with E-state index in [-0.39, 0.29) is 5.91 Å². The van der Waals surface area contributed by atoms with Crippen molar-refractivity contribution in [2.75, 3.05) is 10.6 Å². The molecular formula is C12H18N4O. The van der Waals surface area contributed by atoms with Crippen LogP contribution in [0.3, 0.4) is 0 Å². The molecule has 0 saturated heterocycles. The Morgan fingerprint density at radius 2 is 1.82 bits per heavy atom. The average Bonchev–Trinajstić information content (AvgIpc) is 3.03. The number of amides is 1. The molecule has 1 aliphatic rings. The van der Waals surface area contributed by atoms with Gasteiger partial charge in [-0.05, 0) is 25.0 Å². The average molecular weight is 234 g/mol. The molecule has 1 amide bonds. The number of aromatic nitrogens is 2. The fourth-order valence-electron chi connectivity index (χ4n) is 1.22. The van der Waals surface area contributed by atoms with Crippen LogP contribution in [-0.4, -0.2) is 22.1 Å². The summed E-state index contributed by atoms with van der Waals surface area (Å²) in [7, 11) is 0. The minimum absolute atomic E-state index is 0.0605. The Morgan fingerprint density at radius 3 is 2.29 bits per heavy atom. The van der Waals surface area contributed by atoms with Crippen molar-refractivity contribution in [3.63, 3.8) is 0 Å². The highest BCUT2D eigenvalue weighted by Crippen LogP contribution is 2.23. The van der Waals surface area contributed by atoms with Crippen LogP contribution in [-0.2, 0) is 4.79 Å². The van der Waals surface area contributed by atoms with Crippen LogP contribution < -0.4 is 10.6 Å². The molecule has 0 bridgehead atoms. The van der Waals surface area contributed by atoms with Crippen molar-refractivity contribution >= 4 is 17.5 Å². The molecule has 1 aliphatic carbocycles. The standard InChI is InChI=1S/C12H18N4O/c1-12(2,3)11(17)14-10-7-6-9(15-16-10)13-8-4-5-8/h6-8H,4-5H2,1-3H3,(H,13,15)(H,14,16,17). The van der Waals surface area contributed by atoms with E-state index < -0.39 is 5.41 Å². The highest BCUT2D eigenvalue weighted by Gasteiger charge is 2.23. The highest BCUT2D eigenvalue weighted by atomic mass is 16.2. The van der Waals surface area contributed by atoms with Crippen molar-refractivity contribution in [3.8, 4) is 0 Å². The van der Waals surface area contributed by atoms with Gasteiger partial charge in [0.1, 0.15) is 5.82 Å². The molecule has 0 radical (unpaired) electrons. The van der Waals surface area contributed by atoms with Gasteiger partial charge in [-0.2, -0.15) is 0 Å². The molecule has 17 heavy (non-hydrogen) atoms. The number of carbonyl (C=O) groups is 1. The number of rotatable bonds is 3. The lowest BCUT2D eigenvalue weighted by Crippen LogP contribution is -2.28. The summed E-state index contributed by atoms with van der Waals surface area (Å²) in [6.45, 7) is 5.58. The van der Waals surface area contributed by atoms with Gasteiger partial charge in [-0.15, -0.1) is 10.2 Å². The lowest BCUT2D eigenvalue weighted by atomic mass is 9.96. The van der Waals surface area contributed by atoms with Crippen LogP contribution in [0, 0.1) is 5.41 Å². The van der Waals surface area contributed by atoms with Crippen LogP contribution in [0.15, 0.2) is 12.1 Å². The quantitative estimate of drug-likeness (QED) is 0.839. The third kappa shape index (κ3) is 3.41. The fraction of sp³-hybridized carbons (Fsp3) is 0.583. The first-order chi connectivity index (χ1) is 7.95. The Balaban J connectivity index is 1.95. The van der Waals surface area contributed by atoms with E-state index in [1.807, 2.05) is 26.8 Å². The van der Waals surface area contributed by atoms with E-state index in [1.54, 1.807) is 6.07 Å². The van der Waals surface area contributed by atoms with Crippen LogP contribution in [0.2, 0.25) is 0 Å². The van der Waals surface area contributed by atoms with E-state index in [2.05, 4.69) is 20.8 Å².